The van der Waals surface area contributed by atoms with Crippen molar-refractivity contribution in [3.63, 3.8) is 0 Å². The minimum atomic E-state index is -3.73. The minimum absolute atomic E-state index is 0.0293. The molecule has 0 amide bonds. The van der Waals surface area contributed by atoms with Crippen molar-refractivity contribution in [2.45, 2.75) is 16.7 Å². The molecule has 0 aromatic carbocycles. The molecule has 0 atom stereocenters. The second-order valence-electron chi connectivity index (χ2n) is 4.08. The van der Waals surface area contributed by atoms with Gasteiger partial charge in [0, 0.05) is 25.3 Å². The number of thiazole rings is 1. The lowest BCUT2D eigenvalue weighted by Gasteiger charge is -2.37. The predicted molar refractivity (Wildman–Crippen MR) is 62.7 cm³/mol. The predicted octanol–water partition coefficient (Wildman–Crippen LogP) is -1.64. The Bertz CT molecular complexity index is 570. The van der Waals surface area contributed by atoms with Gasteiger partial charge in [-0.2, -0.15) is 0 Å². The molecule has 2 rings (SSSR count). The van der Waals surface area contributed by atoms with Gasteiger partial charge in [-0.25, -0.2) is 13.1 Å². The second-order valence-corrected chi connectivity index (χ2v) is 7.02. The normalized spacial score (nSPS) is 18.9. The van der Waals surface area contributed by atoms with E-state index in [0.29, 0.717) is 30.1 Å². The van der Waals surface area contributed by atoms with Gasteiger partial charge in [-0.05, 0) is 6.92 Å². The fourth-order valence-electron chi connectivity index (χ4n) is 1.48. The SMILES string of the molecule is Cc1[nH]c(=O)sc1S(=O)(=O)NCC1(O)CNC1. The second kappa shape index (κ2) is 4.18. The van der Waals surface area contributed by atoms with E-state index in [0.717, 1.165) is 0 Å². The van der Waals surface area contributed by atoms with Crippen LogP contribution in [0.15, 0.2) is 9.00 Å². The summed E-state index contributed by atoms with van der Waals surface area (Å²) in [6.45, 7) is 2.18. The number of aromatic nitrogens is 1. The zero-order valence-corrected chi connectivity index (χ0v) is 10.7. The Kier molecular flexibility index (Phi) is 3.12. The van der Waals surface area contributed by atoms with Crippen LogP contribution in [0.3, 0.4) is 0 Å². The summed E-state index contributed by atoms with van der Waals surface area (Å²) in [6.07, 6.45) is 0. The summed E-state index contributed by atoms with van der Waals surface area (Å²) in [6, 6.07) is 0. The van der Waals surface area contributed by atoms with Gasteiger partial charge in [0.1, 0.15) is 5.60 Å². The van der Waals surface area contributed by atoms with Crippen LogP contribution in [-0.2, 0) is 10.0 Å². The van der Waals surface area contributed by atoms with E-state index in [9.17, 15) is 18.3 Å². The third kappa shape index (κ3) is 2.58. The molecule has 96 valence electrons. The highest BCUT2D eigenvalue weighted by Gasteiger charge is 2.36. The summed E-state index contributed by atoms with van der Waals surface area (Å²) in [4.78, 5) is 13.0. The Balaban J connectivity index is 2.14. The lowest BCUT2D eigenvalue weighted by atomic mass is 9.98. The summed E-state index contributed by atoms with van der Waals surface area (Å²) >= 11 is 0.639. The molecule has 0 bridgehead atoms. The first-order chi connectivity index (χ1) is 7.82. The molecule has 0 unspecified atom stereocenters. The highest BCUT2D eigenvalue weighted by Crippen LogP contribution is 2.17. The topological polar surface area (TPSA) is 111 Å². The van der Waals surface area contributed by atoms with Crippen LogP contribution in [0.1, 0.15) is 5.69 Å². The largest absolute Gasteiger partial charge is 0.386 e. The fourth-order valence-corrected chi connectivity index (χ4v) is 3.94. The zero-order valence-electron chi connectivity index (χ0n) is 9.11. The van der Waals surface area contributed by atoms with Crippen LogP contribution in [0.4, 0.5) is 0 Å². The summed E-state index contributed by atoms with van der Waals surface area (Å²) in [5.74, 6) is 0. The maximum absolute atomic E-state index is 11.9. The van der Waals surface area contributed by atoms with Crippen LogP contribution >= 0.6 is 11.3 Å². The van der Waals surface area contributed by atoms with E-state index >= 15 is 0 Å². The third-order valence-electron chi connectivity index (χ3n) is 2.52. The number of nitrogens with one attached hydrogen (secondary N) is 3. The molecule has 0 radical (unpaired) electrons. The first kappa shape index (κ1) is 12.7. The van der Waals surface area contributed by atoms with Crippen LogP contribution in [0, 0.1) is 6.92 Å². The van der Waals surface area contributed by atoms with Gasteiger partial charge in [0.25, 0.3) is 10.0 Å². The van der Waals surface area contributed by atoms with E-state index in [1.165, 1.54) is 6.92 Å². The van der Waals surface area contributed by atoms with Gasteiger partial charge in [-0.15, -0.1) is 0 Å². The molecule has 0 spiro atoms. The van der Waals surface area contributed by atoms with Gasteiger partial charge in [0.2, 0.25) is 0 Å². The molecular formula is C8H13N3O4S2. The smallest absolute Gasteiger partial charge is 0.305 e. The quantitative estimate of drug-likeness (QED) is 0.528. The van der Waals surface area contributed by atoms with Gasteiger partial charge < -0.3 is 15.4 Å². The standard InChI is InChI=1S/C8H13N3O4S2/c1-5-6(16-7(12)11-5)17(14,15)10-4-8(13)2-9-3-8/h9-10,13H,2-4H2,1H3,(H,11,12). The van der Waals surface area contributed by atoms with Crippen molar-refractivity contribution in [2.75, 3.05) is 19.6 Å². The van der Waals surface area contributed by atoms with E-state index < -0.39 is 20.5 Å². The van der Waals surface area contributed by atoms with E-state index in [1.807, 2.05) is 0 Å². The summed E-state index contributed by atoms with van der Waals surface area (Å²) in [5.41, 5.74) is -0.714. The first-order valence-corrected chi connectivity index (χ1v) is 7.25. The van der Waals surface area contributed by atoms with E-state index in [1.54, 1.807) is 0 Å². The maximum Gasteiger partial charge on any atom is 0.305 e. The van der Waals surface area contributed by atoms with Gasteiger partial charge in [-0.1, -0.05) is 11.3 Å². The molecule has 9 heteroatoms. The number of aryl methyl sites for hydroxylation is 1. The number of sulfonamides is 1. The molecule has 4 N–H and O–H groups in total. The van der Waals surface area contributed by atoms with Crippen LogP contribution in [0.5, 0.6) is 0 Å². The Morgan fingerprint density at radius 3 is 2.59 bits per heavy atom. The number of rotatable bonds is 4. The number of hydrogen-bond donors (Lipinski definition) is 4. The molecule has 1 aliphatic rings. The third-order valence-corrected chi connectivity index (χ3v) is 5.53. The number of β-amino-alcohol motifs (C(OH)–C–C–N with tert-alkyl or cyclic N) is 1. The molecule has 1 aliphatic heterocycles. The van der Waals surface area contributed by atoms with Crippen LogP contribution in [-0.4, -0.2) is 43.7 Å². The van der Waals surface area contributed by atoms with E-state index in [-0.39, 0.29) is 10.8 Å². The Hall–Kier alpha value is -0.740. The van der Waals surface area contributed by atoms with E-state index in [4.69, 9.17) is 0 Å². The zero-order chi connectivity index (χ0) is 12.7. The molecule has 2 heterocycles. The highest BCUT2D eigenvalue weighted by molar-refractivity contribution is 7.91. The number of H-pyrrole nitrogens is 1. The summed E-state index contributed by atoms with van der Waals surface area (Å²) in [7, 11) is -3.73. The van der Waals surface area contributed by atoms with Gasteiger partial charge in [0.15, 0.2) is 4.21 Å². The molecular weight excluding hydrogens is 266 g/mol. The molecule has 17 heavy (non-hydrogen) atoms. The van der Waals surface area contributed by atoms with Crippen LogP contribution < -0.4 is 14.9 Å². The van der Waals surface area contributed by atoms with Crippen molar-refractivity contribution in [2.24, 2.45) is 0 Å². The molecule has 0 aliphatic carbocycles. The van der Waals surface area contributed by atoms with Gasteiger partial charge in [0.05, 0.1) is 0 Å². The Morgan fingerprint density at radius 1 is 1.53 bits per heavy atom. The van der Waals surface area contributed by atoms with Crippen LogP contribution in [0.2, 0.25) is 0 Å². The number of aromatic amines is 1. The molecule has 1 aromatic heterocycles. The lowest BCUT2D eigenvalue weighted by Crippen LogP contribution is -2.64. The van der Waals surface area contributed by atoms with Gasteiger partial charge in [-0.3, -0.25) is 4.79 Å². The Labute approximate surface area is 102 Å². The molecule has 0 saturated carbocycles. The van der Waals surface area contributed by atoms with Crippen molar-refractivity contribution >= 4 is 21.4 Å². The van der Waals surface area contributed by atoms with Crippen molar-refractivity contribution < 1.29 is 13.5 Å². The summed E-state index contributed by atoms with van der Waals surface area (Å²) < 4.78 is 26.0. The molecule has 1 fully saturated rings. The number of aliphatic hydroxyl groups is 1. The van der Waals surface area contributed by atoms with Crippen LogP contribution in [0.25, 0.3) is 0 Å². The number of hydrogen-bond acceptors (Lipinski definition) is 6. The average molecular weight is 279 g/mol. The summed E-state index contributed by atoms with van der Waals surface area (Å²) in [5, 5.41) is 12.6. The van der Waals surface area contributed by atoms with E-state index in [2.05, 4.69) is 15.0 Å². The molecule has 1 aromatic rings. The molecule has 7 nitrogen and oxygen atoms in total. The lowest BCUT2D eigenvalue weighted by molar-refractivity contribution is -0.00396. The fraction of sp³-hybridized carbons (Fsp3) is 0.625. The minimum Gasteiger partial charge on any atom is -0.386 e. The van der Waals surface area contributed by atoms with Crippen molar-refractivity contribution in [1.82, 2.24) is 15.0 Å². The van der Waals surface area contributed by atoms with Crippen molar-refractivity contribution in [1.29, 1.82) is 0 Å². The maximum atomic E-state index is 11.9. The average Bonchev–Trinajstić information content (AvgIpc) is 2.53. The first-order valence-electron chi connectivity index (χ1n) is 4.95. The van der Waals surface area contributed by atoms with Crippen molar-refractivity contribution in [3.05, 3.63) is 15.4 Å². The van der Waals surface area contributed by atoms with Gasteiger partial charge >= 0.3 is 4.87 Å². The highest BCUT2D eigenvalue weighted by atomic mass is 32.2. The molecule has 1 saturated heterocycles. The van der Waals surface area contributed by atoms with Crippen molar-refractivity contribution in [3.8, 4) is 0 Å². The Morgan fingerprint density at radius 2 is 2.18 bits per heavy atom. The monoisotopic (exact) mass is 279 g/mol.